The second kappa shape index (κ2) is 5.00. The van der Waals surface area contributed by atoms with Crippen molar-refractivity contribution < 1.29 is 9.21 Å². The lowest BCUT2D eigenvalue weighted by atomic mass is 10.0. The molecule has 2 heterocycles. The second-order valence-corrected chi connectivity index (χ2v) is 6.41. The van der Waals surface area contributed by atoms with E-state index in [0.717, 1.165) is 61.3 Å². The van der Waals surface area contributed by atoms with E-state index in [9.17, 15) is 4.79 Å². The van der Waals surface area contributed by atoms with E-state index in [1.54, 1.807) is 0 Å². The van der Waals surface area contributed by atoms with E-state index >= 15 is 0 Å². The van der Waals surface area contributed by atoms with Gasteiger partial charge in [-0.05, 0) is 50.3 Å². The minimum Gasteiger partial charge on any atom is -0.441 e. The molecule has 116 valence electrons. The third kappa shape index (κ3) is 2.25. The summed E-state index contributed by atoms with van der Waals surface area (Å²) in [5.41, 5.74) is 2.52. The molecule has 1 saturated heterocycles. The van der Waals surface area contributed by atoms with Gasteiger partial charge in [0, 0.05) is 24.2 Å². The number of nitrogens with zero attached hydrogens (tertiary/aromatic N) is 2. The van der Waals surface area contributed by atoms with Gasteiger partial charge in [0.05, 0.1) is 0 Å². The van der Waals surface area contributed by atoms with Gasteiger partial charge in [-0.25, -0.2) is 9.78 Å². The molecule has 1 aliphatic heterocycles. The fraction of sp³-hybridized carbons (Fsp3) is 0.529. The van der Waals surface area contributed by atoms with Crippen molar-refractivity contribution in [1.29, 1.82) is 0 Å². The number of amides is 2. The Bertz CT molecular complexity index is 718. The van der Waals surface area contributed by atoms with Crippen LogP contribution < -0.4 is 5.32 Å². The minimum atomic E-state index is 0.0239. The van der Waals surface area contributed by atoms with E-state index in [1.165, 1.54) is 6.42 Å². The van der Waals surface area contributed by atoms with Crippen molar-refractivity contribution in [2.75, 3.05) is 11.9 Å². The van der Waals surface area contributed by atoms with Crippen molar-refractivity contribution in [2.45, 2.75) is 51.0 Å². The van der Waals surface area contributed by atoms with Crippen LogP contribution >= 0.6 is 0 Å². The summed E-state index contributed by atoms with van der Waals surface area (Å²) in [5, 5.41) is 3.03. The van der Waals surface area contributed by atoms with Gasteiger partial charge in [0.15, 0.2) is 11.5 Å². The Balaban J connectivity index is 1.53. The molecule has 1 saturated carbocycles. The zero-order valence-corrected chi connectivity index (χ0v) is 12.9. The Morgan fingerprint density at radius 3 is 3.00 bits per heavy atom. The van der Waals surface area contributed by atoms with E-state index in [1.807, 2.05) is 30.0 Å². The summed E-state index contributed by atoms with van der Waals surface area (Å²) in [6.45, 7) is 2.89. The third-order valence-electron chi connectivity index (χ3n) is 4.90. The van der Waals surface area contributed by atoms with E-state index in [0.29, 0.717) is 0 Å². The van der Waals surface area contributed by atoms with Gasteiger partial charge < -0.3 is 14.6 Å². The number of likely N-dealkylation sites (tertiary alicyclic amines) is 1. The molecule has 0 radical (unpaired) electrons. The van der Waals surface area contributed by atoms with Gasteiger partial charge in [-0.3, -0.25) is 0 Å². The molecular weight excluding hydrogens is 278 g/mol. The zero-order valence-electron chi connectivity index (χ0n) is 12.9. The van der Waals surface area contributed by atoms with E-state index in [2.05, 4.69) is 10.3 Å². The summed E-state index contributed by atoms with van der Waals surface area (Å²) >= 11 is 0. The largest absolute Gasteiger partial charge is 0.441 e. The fourth-order valence-corrected chi connectivity index (χ4v) is 3.47. The van der Waals surface area contributed by atoms with Crippen molar-refractivity contribution in [3.8, 4) is 0 Å². The first-order chi connectivity index (χ1) is 10.7. The number of benzene rings is 1. The Morgan fingerprint density at radius 2 is 2.23 bits per heavy atom. The quantitative estimate of drug-likeness (QED) is 0.913. The number of aromatic nitrogens is 1. The second-order valence-electron chi connectivity index (χ2n) is 6.41. The number of rotatable bonds is 2. The van der Waals surface area contributed by atoms with Crippen LogP contribution in [-0.2, 0) is 6.42 Å². The average molecular weight is 299 g/mol. The predicted molar refractivity (Wildman–Crippen MR) is 84.9 cm³/mol. The van der Waals surface area contributed by atoms with Gasteiger partial charge in [0.2, 0.25) is 0 Å². The molecule has 22 heavy (non-hydrogen) atoms. The molecule has 2 amide bonds. The smallest absolute Gasteiger partial charge is 0.322 e. The maximum absolute atomic E-state index is 12.6. The zero-order chi connectivity index (χ0) is 15.2. The maximum Gasteiger partial charge on any atom is 0.322 e. The number of carbonyl (C=O) groups excluding carboxylic acids is 1. The van der Waals surface area contributed by atoms with Crippen LogP contribution in [-0.4, -0.2) is 28.0 Å². The SMILES string of the molecule is CCc1nc2cc(NC(=O)N3CCCCC34CC4)ccc2o1. The van der Waals surface area contributed by atoms with Crippen LogP contribution in [0.2, 0.25) is 0 Å². The van der Waals surface area contributed by atoms with Crippen molar-refractivity contribution in [1.82, 2.24) is 9.88 Å². The van der Waals surface area contributed by atoms with E-state index in [-0.39, 0.29) is 11.6 Å². The average Bonchev–Trinajstić information content (AvgIpc) is 3.15. The monoisotopic (exact) mass is 299 g/mol. The van der Waals surface area contributed by atoms with E-state index < -0.39 is 0 Å². The van der Waals surface area contributed by atoms with Gasteiger partial charge in [0.1, 0.15) is 5.52 Å². The predicted octanol–water partition coefficient (Wildman–Crippen LogP) is 3.94. The molecule has 5 nitrogen and oxygen atoms in total. The van der Waals surface area contributed by atoms with Crippen LogP contribution in [0.5, 0.6) is 0 Å². The van der Waals surface area contributed by atoms with Crippen LogP contribution in [0, 0.1) is 0 Å². The van der Waals surface area contributed by atoms with Gasteiger partial charge >= 0.3 is 6.03 Å². The van der Waals surface area contributed by atoms with Gasteiger partial charge in [-0.1, -0.05) is 6.92 Å². The Kier molecular flexibility index (Phi) is 3.10. The van der Waals surface area contributed by atoms with Crippen molar-refractivity contribution in [2.24, 2.45) is 0 Å². The molecule has 1 N–H and O–H groups in total. The summed E-state index contributed by atoms with van der Waals surface area (Å²) in [5.74, 6) is 0.728. The standard InChI is InChI=1S/C17H21N3O2/c1-2-15-19-13-11-12(5-6-14(13)22-15)18-16(21)20-10-4-3-7-17(20)8-9-17/h5-6,11H,2-4,7-10H2,1H3,(H,18,21). The third-order valence-corrected chi connectivity index (χ3v) is 4.90. The molecular formula is C17H21N3O2. The van der Waals surface area contributed by atoms with Crippen LogP contribution in [0.3, 0.4) is 0 Å². The summed E-state index contributed by atoms with van der Waals surface area (Å²) in [7, 11) is 0. The molecule has 1 aliphatic carbocycles. The number of anilines is 1. The summed E-state index contributed by atoms with van der Waals surface area (Å²) < 4.78 is 5.60. The lowest BCUT2D eigenvalue weighted by Gasteiger charge is -2.36. The van der Waals surface area contributed by atoms with Crippen molar-refractivity contribution in [3.05, 3.63) is 24.1 Å². The van der Waals surface area contributed by atoms with Gasteiger partial charge in [-0.15, -0.1) is 0 Å². The van der Waals surface area contributed by atoms with E-state index in [4.69, 9.17) is 4.42 Å². The highest BCUT2D eigenvalue weighted by molar-refractivity contribution is 5.92. The molecule has 0 bridgehead atoms. The topological polar surface area (TPSA) is 58.4 Å². The number of aryl methyl sites for hydroxylation is 1. The van der Waals surface area contributed by atoms with Crippen LogP contribution in [0.15, 0.2) is 22.6 Å². The van der Waals surface area contributed by atoms with Gasteiger partial charge in [0.25, 0.3) is 0 Å². The number of oxazole rings is 1. The molecule has 2 fully saturated rings. The Morgan fingerprint density at radius 1 is 1.36 bits per heavy atom. The number of piperidine rings is 1. The number of urea groups is 1. The van der Waals surface area contributed by atoms with Crippen LogP contribution in [0.1, 0.15) is 44.9 Å². The first kappa shape index (κ1) is 13.6. The lowest BCUT2D eigenvalue weighted by molar-refractivity contribution is 0.151. The number of hydrogen-bond acceptors (Lipinski definition) is 3. The lowest BCUT2D eigenvalue weighted by Crippen LogP contribution is -2.47. The molecule has 1 aromatic carbocycles. The molecule has 0 atom stereocenters. The molecule has 2 aliphatic rings. The number of fused-ring (bicyclic) bond motifs is 1. The van der Waals surface area contributed by atoms with Crippen molar-refractivity contribution in [3.63, 3.8) is 0 Å². The highest BCUT2D eigenvalue weighted by Gasteiger charge is 2.50. The minimum absolute atomic E-state index is 0.0239. The molecule has 4 rings (SSSR count). The molecule has 0 unspecified atom stereocenters. The summed E-state index contributed by atoms with van der Waals surface area (Å²) in [6.07, 6.45) is 6.59. The highest BCUT2D eigenvalue weighted by Crippen LogP contribution is 2.48. The van der Waals surface area contributed by atoms with Gasteiger partial charge in [-0.2, -0.15) is 0 Å². The summed E-state index contributed by atoms with van der Waals surface area (Å²) in [4.78, 5) is 19.1. The number of carbonyl (C=O) groups is 1. The van der Waals surface area contributed by atoms with Crippen molar-refractivity contribution >= 4 is 22.8 Å². The highest BCUT2D eigenvalue weighted by atomic mass is 16.3. The fourth-order valence-electron chi connectivity index (χ4n) is 3.47. The van der Waals surface area contributed by atoms with Crippen LogP contribution in [0.25, 0.3) is 11.1 Å². The first-order valence-corrected chi connectivity index (χ1v) is 8.18. The van der Waals surface area contributed by atoms with Crippen LogP contribution in [0.4, 0.5) is 10.5 Å². The Hall–Kier alpha value is -2.04. The molecule has 1 aromatic heterocycles. The normalized spacial score (nSPS) is 19.6. The number of nitrogens with one attached hydrogen (secondary N) is 1. The maximum atomic E-state index is 12.6. The molecule has 1 spiro atoms. The number of hydrogen-bond donors (Lipinski definition) is 1. The summed E-state index contributed by atoms with van der Waals surface area (Å²) in [6, 6.07) is 5.67. The Labute approximate surface area is 129 Å². The molecule has 2 aromatic rings. The molecule has 5 heteroatoms. The first-order valence-electron chi connectivity index (χ1n) is 8.18.